The molecule has 1 fully saturated rings. The van der Waals surface area contributed by atoms with Gasteiger partial charge in [0.1, 0.15) is 10.7 Å². The molecule has 2 amide bonds. The molecule has 0 unspecified atom stereocenters. The minimum atomic E-state index is -0.141. The molecule has 0 N–H and O–H groups in total. The molecule has 1 aliphatic heterocycles. The van der Waals surface area contributed by atoms with E-state index in [9.17, 15) is 9.59 Å². The van der Waals surface area contributed by atoms with Gasteiger partial charge in [-0.15, -0.1) is 11.3 Å². The number of hydrogen-bond donors (Lipinski definition) is 0. The summed E-state index contributed by atoms with van der Waals surface area (Å²) in [5.41, 5.74) is 0.870. The van der Waals surface area contributed by atoms with Crippen LogP contribution in [0.5, 0.6) is 0 Å². The lowest BCUT2D eigenvalue weighted by Gasteiger charge is -2.34. The van der Waals surface area contributed by atoms with Crippen molar-refractivity contribution in [2.45, 2.75) is 6.61 Å². The average molecular weight is 414 g/mol. The van der Waals surface area contributed by atoms with Gasteiger partial charge in [0.25, 0.3) is 11.8 Å². The first-order chi connectivity index (χ1) is 12.5. The molecule has 138 valence electrons. The molecule has 26 heavy (non-hydrogen) atoms. The van der Waals surface area contributed by atoms with E-state index >= 15 is 0 Å². The molecule has 3 rings (SSSR count). The second-order valence-electron chi connectivity index (χ2n) is 5.80. The van der Waals surface area contributed by atoms with Crippen molar-refractivity contribution in [2.24, 2.45) is 0 Å². The Morgan fingerprint density at radius 1 is 1.08 bits per heavy atom. The average Bonchev–Trinajstić information content (AvgIpc) is 3.09. The van der Waals surface area contributed by atoms with Crippen LogP contribution in [-0.4, -0.2) is 59.9 Å². The van der Waals surface area contributed by atoms with Crippen LogP contribution in [-0.2, 0) is 11.3 Å². The van der Waals surface area contributed by atoms with Crippen molar-refractivity contribution in [3.63, 3.8) is 0 Å². The van der Waals surface area contributed by atoms with E-state index in [4.69, 9.17) is 27.9 Å². The molecule has 6 nitrogen and oxygen atoms in total. The van der Waals surface area contributed by atoms with Gasteiger partial charge in [-0.3, -0.25) is 9.59 Å². The van der Waals surface area contributed by atoms with Crippen LogP contribution in [0.4, 0.5) is 0 Å². The lowest BCUT2D eigenvalue weighted by molar-refractivity contribution is 0.0532. The van der Waals surface area contributed by atoms with Gasteiger partial charge in [0.05, 0.1) is 6.61 Å². The Labute approximate surface area is 165 Å². The Morgan fingerprint density at radius 2 is 1.65 bits per heavy atom. The maximum Gasteiger partial charge on any atom is 0.273 e. The highest BCUT2D eigenvalue weighted by molar-refractivity contribution is 7.09. The summed E-state index contributed by atoms with van der Waals surface area (Å²) in [5.74, 6) is -0.265. The fourth-order valence-electron chi connectivity index (χ4n) is 2.73. The normalized spacial score (nSPS) is 14.6. The van der Waals surface area contributed by atoms with Crippen LogP contribution in [0.2, 0.25) is 10.0 Å². The molecule has 0 radical (unpaired) electrons. The number of thiazole rings is 1. The Balaban J connectivity index is 1.61. The van der Waals surface area contributed by atoms with E-state index in [0.29, 0.717) is 54.1 Å². The van der Waals surface area contributed by atoms with E-state index < -0.39 is 0 Å². The van der Waals surface area contributed by atoms with Gasteiger partial charge in [-0.1, -0.05) is 23.2 Å². The number of methoxy groups -OCH3 is 1. The summed E-state index contributed by atoms with van der Waals surface area (Å²) in [7, 11) is 1.59. The Morgan fingerprint density at radius 3 is 2.23 bits per heavy atom. The topological polar surface area (TPSA) is 62.7 Å². The number of carbonyl (C=O) groups is 2. The molecular weight excluding hydrogens is 397 g/mol. The van der Waals surface area contributed by atoms with Crippen molar-refractivity contribution >= 4 is 46.4 Å². The summed E-state index contributed by atoms with van der Waals surface area (Å²) in [6, 6.07) is 4.78. The number of amides is 2. The first kappa shape index (κ1) is 19.1. The molecule has 1 aliphatic rings. The Kier molecular flexibility index (Phi) is 6.13. The number of aromatic nitrogens is 1. The van der Waals surface area contributed by atoms with Crippen molar-refractivity contribution < 1.29 is 14.3 Å². The lowest BCUT2D eigenvalue weighted by Crippen LogP contribution is -2.50. The third kappa shape index (κ3) is 4.35. The molecule has 2 heterocycles. The number of piperazine rings is 1. The first-order valence-corrected chi connectivity index (χ1v) is 9.59. The van der Waals surface area contributed by atoms with E-state index in [2.05, 4.69) is 4.98 Å². The second-order valence-corrected chi connectivity index (χ2v) is 7.62. The predicted octanol–water partition coefficient (Wildman–Crippen LogP) is 3.19. The zero-order valence-corrected chi connectivity index (χ0v) is 16.4. The number of nitrogens with zero attached hydrogens (tertiary/aromatic N) is 3. The molecule has 0 aliphatic carbocycles. The van der Waals surface area contributed by atoms with Crippen molar-refractivity contribution in [3.8, 4) is 0 Å². The van der Waals surface area contributed by atoms with Gasteiger partial charge in [0.2, 0.25) is 0 Å². The zero-order chi connectivity index (χ0) is 18.7. The van der Waals surface area contributed by atoms with E-state index in [1.807, 2.05) is 0 Å². The lowest BCUT2D eigenvalue weighted by atomic mass is 10.1. The monoisotopic (exact) mass is 413 g/mol. The second kappa shape index (κ2) is 8.35. The van der Waals surface area contributed by atoms with Crippen molar-refractivity contribution in [1.29, 1.82) is 0 Å². The number of rotatable bonds is 4. The highest BCUT2D eigenvalue weighted by Crippen LogP contribution is 2.21. The molecule has 0 bridgehead atoms. The van der Waals surface area contributed by atoms with Gasteiger partial charge >= 0.3 is 0 Å². The summed E-state index contributed by atoms with van der Waals surface area (Å²) in [6.07, 6.45) is 0. The summed E-state index contributed by atoms with van der Waals surface area (Å²) >= 11 is 13.3. The highest BCUT2D eigenvalue weighted by Gasteiger charge is 2.27. The van der Waals surface area contributed by atoms with Crippen molar-refractivity contribution in [3.05, 3.63) is 49.9 Å². The Hall–Kier alpha value is -1.67. The van der Waals surface area contributed by atoms with Crippen LogP contribution >= 0.6 is 34.5 Å². The van der Waals surface area contributed by atoms with Crippen LogP contribution in [0.3, 0.4) is 0 Å². The molecule has 1 saturated heterocycles. The fraction of sp³-hybridized carbons (Fsp3) is 0.353. The van der Waals surface area contributed by atoms with Gasteiger partial charge in [0.15, 0.2) is 0 Å². The Bertz CT molecular complexity index is 799. The molecule has 0 spiro atoms. The van der Waals surface area contributed by atoms with Crippen LogP contribution in [0.1, 0.15) is 25.9 Å². The van der Waals surface area contributed by atoms with Gasteiger partial charge in [-0.2, -0.15) is 0 Å². The SMILES string of the molecule is COCc1nc(C(=O)N2CCN(C(=O)c3cc(Cl)cc(Cl)c3)CC2)cs1. The van der Waals surface area contributed by atoms with E-state index in [1.54, 1.807) is 40.5 Å². The molecule has 2 aromatic rings. The van der Waals surface area contributed by atoms with Crippen LogP contribution in [0.15, 0.2) is 23.6 Å². The summed E-state index contributed by atoms with van der Waals surface area (Å²) in [6.45, 7) is 2.20. The van der Waals surface area contributed by atoms with E-state index in [1.165, 1.54) is 11.3 Å². The summed E-state index contributed by atoms with van der Waals surface area (Å²) in [5, 5.41) is 3.35. The standard InChI is InChI=1S/C17H17Cl2N3O3S/c1-25-9-15-20-14(10-26-15)17(24)22-4-2-21(3-5-22)16(23)11-6-12(18)8-13(19)7-11/h6-8,10H,2-5,9H2,1H3. The van der Waals surface area contributed by atoms with E-state index in [0.717, 1.165) is 5.01 Å². The zero-order valence-electron chi connectivity index (χ0n) is 14.1. The molecule has 1 aromatic carbocycles. The highest BCUT2D eigenvalue weighted by atomic mass is 35.5. The summed E-state index contributed by atoms with van der Waals surface area (Å²) in [4.78, 5) is 32.8. The van der Waals surface area contributed by atoms with Gasteiger partial charge in [-0.05, 0) is 18.2 Å². The molecule has 0 atom stereocenters. The maximum atomic E-state index is 12.6. The van der Waals surface area contributed by atoms with Crippen molar-refractivity contribution in [2.75, 3.05) is 33.3 Å². The first-order valence-electron chi connectivity index (χ1n) is 7.96. The minimum absolute atomic E-state index is 0.124. The fourth-order valence-corrected chi connectivity index (χ4v) is 4.00. The number of ether oxygens (including phenoxy) is 1. The van der Waals surface area contributed by atoms with Gasteiger partial charge < -0.3 is 14.5 Å². The molecular formula is C17H17Cl2N3O3S. The number of hydrogen-bond acceptors (Lipinski definition) is 5. The van der Waals surface area contributed by atoms with Crippen molar-refractivity contribution in [1.82, 2.24) is 14.8 Å². The maximum absolute atomic E-state index is 12.6. The van der Waals surface area contributed by atoms with Crippen LogP contribution < -0.4 is 0 Å². The van der Waals surface area contributed by atoms with Crippen LogP contribution in [0, 0.1) is 0 Å². The molecule has 0 saturated carbocycles. The van der Waals surface area contributed by atoms with Crippen LogP contribution in [0.25, 0.3) is 0 Å². The molecule has 1 aromatic heterocycles. The van der Waals surface area contributed by atoms with Gasteiger partial charge in [-0.25, -0.2) is 4.98 Å². The van der Waals surface area contributed by atoms with Gasteiger partial charge in [0, 0.05) is 54.3 Å². The number of carbonyl (C=O) groups excluding carboxylic acids is 2. The third-order valence-electron chi connectivity index (χ3n) is 4.00. The largest absolute Gasteiger partial charge is 0.378 e. The molecule has 9 heteroatoms. The number of benzene rings is 1. The minimum Gasteiger partial charge on any atom is -0.378 e. The quantitative estimate of drug-likeness (QED) is 0.771. The number of halogens is 2. The predicted molar refractivity (Wildman–Crippen MR) is 101 cm³/mol. The smallest absolute Gasteiger partial charge is 0.273 e. The van der Waals surface area contributed by atoms with E-state index in [-0.39, 0.29) is 11.8 Å². The third-order valence-corrected chi connectivity index (χ3v) is 5.26. The summed E-state index contributed by atoms with van der Waals surface area (Å²) < 4.78 is 5.03.